The fourth-order valence-corrected chi connectivity index (χ4v) is 4.79. The van der Waals surface area contributed by atoms with Crippen molar-refractivity contribution < 1.29 is 9.47 Å². The summed E-state index contributed by atoms with van der Waals surface area (Å²) >= 11 is 6.14. The minimum Gasteiger partial charge on any atom is -0.493 e. The number of halogens is 1. The molecule has 6 nitrogen and oxygen atoms in total. The molecular formula is C26H24ClN3O3. The van der Waals surface area contributed by atoms with Gasteiger partial charge in [0, 0.05) is 11.6 Å². The molecule has 1 N–H and O–H groups in total. The van der Waals surface area contributed by atoms with E-state index in [0.29, 0.717) is 34.0 Å². The number of methoxy groups -OCH3 is 2. The van der Waals surface area contributed by atoms with Crippen LogP contribution in [-0.4, -0.2) is 35.6 Å². The fraction of sp³-hybridized carbons (Fsp3) is 0.231. The van der Waals surface area contributed by atoms with Crippen molar-refractivity contribution >= 4 is 22.5 Å². The normalized spacial score (nSPS) is 15.9. The van der Waals surface area contributed by atoms with Crippen molar-refractivity contribution in [2.75, 3.05) is 20.8 Å². The molecule has 0 aliphatic carbocycles. The molecule has 0 saturated heterocycles. The van der Waals surface area contributed by atoms with Crippen molar-refractivity contribution in [3.8, 4) is 11.5 Å². The Morgan fingerprint density at radius 3 is 2.58 bits per heavy atom. The van der Waals surface area contributed by atoms with Crippen LogP contribution >= 0.6 is 11.6 Å². The molecule has 1 aromatic heterocycles. The quantitative estimate of drug-likeness (QED) is 0.465. The zero-order valence-corrected chi connectivity index (χ0v) is 19.2. The Hall–Kier alpha value is -3.35. The first-order chi connectivity index (χ1) is 16.1. The number of nitrogens with one attached hydrogen (secondary N) is 1. The molecule has 3 aromatic carbocycles. The lowest BCUT2D eigenvalue weighted by molar-refractivity contribution is 0.198. The fourth-order valence-electron chi connectivity index (χ4n) is 4.62. The highest BCUT2D eigenvalue weighted by molar-refractivity contribution is 6.31. The Bertz CT molecular complexity index is 1370. The molecule has 33 heavy (non-hydrogen) atoms. The number of H-pyrrole nitrogens is 1. The molecule has 2 heterocycles. The first-order valence-corrected chi connectivity index (χ1v) is 11.2. The number of nitrogens with zero attached hydrogens (tertiary/aromatic N) is 2. The van der Waals surface area contributed by atoms with Gasteiger partial charge >= 0.3 is 0 Å². The summed E-state index contributed by atoms with van der Waals surface area (Å²) in [6.45, 7) is 1.30. The summed E-state index contributed by atoms with van der Waals surface area (Å²) in [5.74, 6) is 2.04. The molecule has 1 aliphatic heterocycles. The van der Waals surface area contributed by atoms with E-state index in [-0.39, 0.29) is 11.6 Å². The molecule has 0 bridgehead atoms. The van der Waals surface area contributed by atoms with Crippen molar-refractivity contribution in [2.45, 2.75) is 19.0 Å². The van der Waals surface area contributed by atoms with Crippen LogP contribution in [0, 0.1) is 0 Å². The molecule has 4 aromatic rings. The van der Waals surface area contributed by atoms with Gasteiger partial charge in [-0.15, -0.1) is 0 Å². The number of fused-ring (bicyclic) bond motifs is 2. The largest absolute Gasteiger partial charge is 0.493 e. The number of aromatic nitrogens is 2. The van der Waals surface area contributed by atoms with E-state index in [2.05, 4.69) is 34.1 Å². The van der Waals surface area contributed by atoms with Gasteiger partial charge in [0.05, 0.1) is 37.7 Å². The van der Waals surface area contributed by atoms with E-state index in [4.69, 9.17) is 26.1 Å². The predicted octanol–water partition coefficient (Wildman–Crippen LogP) is 4.74. The van der Waals surface area contributed by atoms with Crippen LogP contribution in [0.2, 0.25) is 5.02 Å². The van der Waals surface area contributed by atoms with Crippen molar-refractivity contribution in [1.82, 2.24) is 14.9 Å². The maximum absolute atomic E-state index is 12.7. The number of hydrogen-bond donors (Lipinski definition) is 1. The van der Waals surface area contributed by atoms with E-state index in [1.165, 1.54) is 5.56 Å². The molecule has 0 unspecified atom stereocenters. The molecule has 0 fully saturated rings. The Morgan fingerprint density at radius 1 is 1.06 bits per heavy atom. The van der Waals surface area contributed by atoms with Crippen LogP contribution in [0.1, 0.15) is 28.6 Å². The third-order valence-electron chi connectivity index (χ3n) is 6.16. The lowest BCUT2D eigenvalue weighted by Crippen LogP contribution is -2.36. The monoisotopic (exact) mass is 461 g/mol. The number of aromatic amines is 1. The Kier molecular flexibility index (Phi) is 5.79. The SMILES string of the molecule is COc1cc2c(cc1OC)[C@H](c1ccccc1)N(Cc1nc3cc(Cl)ccc3c(=O)[nH]1)CC2. The predicted molar refractivity (Wildman–Crippen MR) is 129 cm³/mol. The van der Waals surface area contributed by atoms with Crippen LogP contribution < -0.4 is 15.0 Å². The summed E-state index contributed by atoms with van der Waals surface area (Å²) in [6.07, 6.45) is 0.850. The second-order valence-corrected chi connectivity index (χ2v) is 8.55. The van der Waals surface area contributed by atoms with Gasteiger partial charge in [0.25, 0.3) is 5.56 Å². The zero-order chi connectivity index (χ0) is 22.9. The van der Waals surface area contributed by atoms with Crippen LogP contribution in [0.25, 0.3) is 10.9 Å². The summed E-state index contributed by atoms with van der Waals surface area (Å²) in [5.41, 5.74) is 3.99. The van der Waals surface area contributed by atoms with E-state index in [1.54, 1.807) is 32.4 Å². The Labute approximate surface area is 196 Å². The van der Waals surface area contributed by atoms with Crippen molar-refractivity contribution in [3.63, 3.8) is 0 Å². The molecular weight excluding hydrogens is 438 g/mol. The first kappa shape index (κ1) is 21.5. The third-order valence-corrected chi connectivity index (χ3v) is 6.39. The maximum atomic E-state index is 12.7. The van der Waals surface area contributed by atoms with Gasteiger partial charge in [0.1, 0.15) is 5.82 Å². The summed E-state index contributed by atoms with van der Waals surface area (Å²) in [7, 11) is 3.30. The highest BCUT2D eigenvalue weighted by atomic mass is 35.5. The van der Waals surface area contributed by atoms with Crippen LogP contribution in [0.3, 0.4) is 0 Å². The Morgan fingerprint density at radius 2 is 1.82 bits per heavy atom. The summed E-state index contributed by atoms with van der Waals surface area (Å²) in [6, 6.07) is 19.6. The third kappa shape index (κ3) is 4.08. The van der Waals surface area contributed by atoms with Crippen LogP contribution in [0.15, 0.2) is 65.5 Å². The molecule has 0 spiro atoms. The number of ether oxygens (including phenoxy) is 2. The van der Waals surface area contributed by atoms with Gasteiger partial charge in [-0.1, -0.05) is 41.9 Å². The second-order valence-electron chi connectivity index (χ2n) is 8.11. The van der Waals surface area contributed by atoms with E-state index >= 15 is 0 Å². The molecule has 7 heteroatoms. The number of rotatable bonds is 5. The van der Waals surface area contributed by atoms with Gasteiger partial charge in [0.2, 0.25) is 0 Å². The lowest BCUT2D eigenvalue weighted by Gasteiger charge is -2.37. The minimum absolute atomic E-state index is 0.0184. The average molecular weight is 462 g/mol. The van der Waals surface area contributed by atoms with E-state index in [0.717, 1.165) is 29.8 Å². The standard InChI is InChI=1S/C26H24ClN3O3/c1-32-22-12-17-10-11-30(15-24-28-21-13-18(27)8-9-19(21)26(31)29-24)25(16-6-4-3-5-7-16)20(17)14-23(22)33-2/h3-9,12-14,25H,10-11,15H2,1-2H3,(H,28,29,31)/t25-/m0/s1. The van der Waals surface area contributed by atoms with Crippen molar-refractivity contribution in [2.24, 2.45) is 0 Å². The van der Waals surface area contributed by atoms with E-state index in [9.17, 15) is 4.79 Å². The van der Waals surface area contributed by atoms with Crippen LogP contribution in [0.5, 0.6) is 11.5 Å². The van der Waals surface area contributed by atoms with Gasteiger partial charge in [-0.3, -0.25) is 9.69 Å². The molecule has 5 rings (SSSR count). The Balaban J connectivity index is 1.59. The summed E-state index contributed by atoms with van der Waals surface area (Å²) in [4.78, 5) is 22.7. The van der Waals surface area contributed by atoms with Crippen LogP contribution in [0.4, 0.5) is 0 Å². The van der Waals surface area contributed by atoms with E-state index < -0.39 is 0 Å². The molecule has 0 saturated carbocycles. The zero-order valence-electron chi connectivity index (χ0n) is 18.5. The van der Waals surface area contributed by atoms with Gasteiger partial charge in [-0.05, 0) is 53.4 Å². The van der Waals surface area contributed by atoms with Crippen molar-refractivity contribution in [1.29, 1.82) is 0 Å². The summed E-state index contributed by atoms with van der Waals surface area (Å²) in [5, 5.41) is 1.09. The van der Waals surface area contributed by atoms with Gasteiger partial charge < -0.3 is 14.5 Å². The van der Waals surface area contributed by atoms with E-state index in [1.807, 2.05) is 18.2 Å². The van der Waals surface area contributed by atoms with Crippen molar-refractivity contribution in [3.05, 3.63) is 98.6 Å². The molecule has 0 amide bonds. The topological polar surface area (TPSA) is 67.5 Å². The van der Waals surface area contributed by atoms with Gasteiger partial charge in [-0.25, -0.2) is 4.98 Å². The second kappa shape index (κ2) is 8.89. The molecule has 1 atom stereocenters. The maximum Gasteiger partial charge on any atom is 0.258 e. The lowest BCUT2D eigenvalue weighted by atomic mass is 9.87. The first-order valence-electron chi connectivity index (χ1n) is 10.8. The molecule has 1 aliphatic rings. The van der Waals surface area contributed by atoms with Gasteiger partial charge in [0.15, 0.2) is 11.5 Å². The summed E-state index contributed by atoms with van der Waals surface area (Å²) < 4.78 is 11.1. The average Bonchev–Trinajstić information content (AvgIpc) is 2.83. The molecule has 168 valence electrons. The van der Waals surface area contributed by atoms with Crippen LogP contribution in [-0.2, 0) is 13.0 Å². The van der Waals surface area contributed by atoms with Gasteiger partial charge in [-0.2, -0.15) is 0 Å². The highest BCUT2D eigenvalue weighted by Crippen LogP contribution is 2.41. The minimum atomic E-state index is -0.160. The number of benzene rings is 3. The smallest absolute Gasteiger partial charge is 0.258 e. The number of hydrogen-bond acceptors (Lipinski definition) is 5. The highest BCUT2D eigenvalue weighted by Gasteiger charge is 2.31. The molecule has 0 radical (unpaired) electrons.